The molecule has 8 heteroatoms. The number of guanidine groups is 1. The molecule has 2 aliphatic heterocycles. The van der Waals surface area contributed by atoms with Gasteiger partial charge in [-0.2, -0.15) is 0 Å². The molecular formula is C18H33N5O3. The van der Waals surface area contributed by atoms with Crippen molar-refractivity contribution in [2.45, 2.75) is 45.3 Å². The van der Waals surface area contributed by atoms with Crippen LogP contribution in [0.15, 0.2) is 4.99 Å². The molecule has 0 aliphatic carbocycles. The van der Waals surface area contributed by atoms with Crippen molar-refractivity contribution in [1.29, 1.82) is 0 Å². The Hall–Kier alpha value is -1.83. The summed E-state index contributed by atoms with van der Waals surface area (Å²) in [6, 6.07) is 0.273. The molecule has 26 heavy (non-hydrogen) atoms. The molecule has 2 fully saturated rings. The van der Waals surface area contributed by atoms with E-state index in [1.807, 2.05) is 4.90 Å². The highest BCUT2D eigenvalue weighted by atomic mass is 16.5. The number of ether oxygens (including phenoxy) is 1. The van der Waals surface area contributed by atoms with E-state index in [1.54, 1.807) is 19.0 Å². The molecule has 2 amide bonds. The van der Waals surface area contributed by atoms with Gasteiger partial charge in [0.2, 0.25) is 5.91 Å². The van der Waals surface area contributed by atoms with Gasteiger partial charge in [0, 0.05) is 52.9 Å². The number of aliphatic imine (C=N–C) groups is 1. The Balaban J connectivity index is 1.94. The Bertz CT molecular complexity index is 509. The summed E-state index contributed by atoms with van der Waals surface area (Å²) >= 11 is 0. The van der Waals surface area contributed by atoms with Crippen LogP contribution >= 0.6 is 0 Å². The second kappa shape index (κ2) is 9.75. The lowest BCUT2D eigenvalue weighted by Crippen LogP contribution is -2.56. The predicted molar refractivity (Wildman–Crippen MR) is 101 cm³/mol. The Labute approximate surface area is 156 Å². The number of rotatable bonds is 5. The van der Waals surface area contributed by atoms with Crippen LogP contribution < -0.4 is 5.32 Å². The lowest BCUT2D eigenvalue weighted by molar-refractivity contribution is -0.142. The number of hydrogen-bond donors (Lipinski definition) is 1. The summed E-state index contributed by atoms with van der Waals surface area (Å²) in [4.78, 5) is 34.4. The Kier molecular flexibility index (Phi) is 7.68. The summed E-state index contributed by atoms with van der Waals surface area (Å²) in [6.45, 7) is 7.74. The van der Waals surface area contributed by atoms with Gasteiger partial charge < -0.3 is 24.8 Å². The smallest absolute Gasteiger partial charge is 0.251 e. The first-order chi connectivity index (χ1) is 12.4. The minimum Gasteiger partial charge on any atom is -0.368 e. The van der Waals surface area contributed by atoms with Gasteiger partial charge in [0.15, 0.2) is 5.96 Å². The zero-order chi connectivity index (χ0) is 19.1. The van der Waals surface area contributed by atoms with Crippen molar-refractivity contribution in [1.82, 2.24) is 20.0 Å². The summed E-state index contributed by atoms with van der Waals surface area (Å²) in [5.74, 6) is 0.831. The van der Waals surface area contributed by atoms with E-state index in [1.165, 1.54) is 0 Å². The number of likely N-dealkylation sites (N-methyl/N-ethyl adjacent to an activating group) is 1. The predicted octanol–water partition coefficient (Wildman–Crippen LogP) is 0.142. The molecule has 2 rings (SSSR count). The second-order valence-electron chi connectivity index (χ2n) is 7.20. The van der Waals surface area contributed by atoms with Crippen LogP contribution in [0.5, 0.6) is 0 Å². The van der Waals surface area contributed by atoms with Gasteiger partial charge in [-0.15, -0.1) is 0 Å². The third-order valence-corrected chi connectivity index (χ3v) is 4.95. The van der Waals surface area contributed by atoms with Crippen LogP contribution in [0.1, 0.15) is 33.1 Å². The molecule has 1 N–H and O–H groups in total. The molecule has 0 radical (unpaired) electrons. The van der Waals surface area contributed by atoms with Crippen LogP contribution in [-0.2, 0) is 14.3 Å². The lowest BCUT2D eigenvalue weighted by atomic mass is 10.2. The van der Waals surface area contributed by atoms with Gasteiger partial charge in [-0.25, -0.2) is 4.99 Å². The number of hydrogen-bond acceptors (Lipinski definition) is 4. The Morgan fingerprint density at radius 2 is 1.88 bits per heavy atom. The molecule has 0 bridgehead atoms. The van der Waals surface area contributed by atoms with Crippen molar-refractivity contribution in [3.05, 3.63) is 0 Å². The van der Waals surface area contributed by atoms with E-state index in [9.17, 15) is 9.59 Å². The molecule has 0 aromatic carbocycles. The number of nitrogens with one attached hydrogen (secondary N) is 1. The molecule has 2 atom stereocenters. The molecule has 0 saturated carbocycles. The quantitative estimate of drug-likeness (QED) is 0.553. The van der Waals surface area contributed by atoms with Crippen LogP contribution in [-0.4, -0.2) is 98.0 Å². The van der Waals surface area contributed by atoms with Crippen LogP contribution in [0.2, 0.25) is 0 Å². The largest absolute Gasteiger partial charge is 0.368 e. The van der Waals surface area contributed by atoms with Gasteiger partial charge in [-0.1, -0.05) is 6.92 Å². The van der Waals surface area contributed by atoms with Crippen molar-refractivity contribution in [3.63, 3.8) is 0 Å². The molecule has 0 aromatic rings. The zero-order valence-corrected chi connectivity index (χ0v) is 16.5. The third-order valence-electron chi connectivity index (χ3n) is 4.95. The molecular weight excluding hydrogens is 334 g/mol. The fourth-order valence-electron chi connectivity index (χ4n) is 2.96. The first-order valence-electron chi connectivity index (χ1n) is 9.58. The second-order valence-corrected chi connectivity index (χ2v) is 7.20. The maximum absolute atomic E-state index is 12.5. The molecule has 148 valence electrons. The van der Waals surface area contributed by atoms with E-state index in [0.29, 0.717) is 32.8 Å². The highest BCUT2D eigenvalue weighted by molar-refractivity contribution is 5.85. The highest BCUT2D eigenvalue weighted by Gasteiger charge is 2.31. The van der Waals surface area contributed by atoms with Crippen molar-refractivity contribution in [3.8, 4) is 0 Å². The first kappa shape index (κ1) is 20.5. The maximum Gasteiger partial charge on any atom is 0.251 e. The van der Waals surface area contributed by atoms with Crippen molar-refractivity contribution in [2.75, 3.05) is 53.4 Å². The molecule has 8 nitrogen and oxygen atoms in total. The fraction of sp³-hybridized carbons (Fsp3) is 0.833. The summed E-state index contributed by atoms with van der Waals surface area (Å²) in [7, 11) is 3.46. The Morgan fingerprint density at radius 1 is 1.23 bits per heavy atom. The van der Waals surface area contributed by atoms with E-state index in [-0.39, 0.29) is 30.5 Å². The third kappa shape index (κ3) is 5.59. The number of piperazine rings is 1. The normalized spacial score (nSPS) is 22.3. The van der Waals surface area contributed by atoms with E-state index >= 15 is 0 Å². The van der Waals surface area contributed by atoms with Gasteiger partial charge in [-0.3, -0.25) is 9.59 Å². The monoisotopic (exact) mass is 367 g/mol. The fourth-order valence-corrected chi connectivity index (χ4v) is 2.96. The number of carbonyl (C=O) groups is 2. The van der Waals surface area contributed by atoms with E-state index in [2.05, 4.69) is 29.1 Å². The number of amides is 2. The summed E-state index contributed by atoms with van der Waals surface area (Å²) in [6.07, 6.45) is 2.50. The molecule has 2 heterocycles. The average Bonchev–Trinajstić information content (AvgIpc) is 3.18. The van der Waals surface area contributed by atoms with Crippen molar-refractivity contribution >= 4 is 17.8 Å². The topological polar surface area (TPSA) is 77.5 Å². The van der Waals surface area contributed by atoms with Gasteiger partial charge in [0.05, 0.1) is 0 Å². The number of carbonyl (C=O) groups excluding carboxylic acids is 2. The summed E-state index contributed by atoms with van der Waals surface area (Å²) < 4.78 is 5.51. The van der Waals surface area contributed by atoms with E-state index < -0.39 is 0 Å². The minimum absolute atomic E-state index is 0.0272. The SMILES string of the molecule is CCC(C)NC(=NCC(=O)N(C)C)N1CCN(C(=O)C2CCCO2)CC1. The van der Waals surface area contributed by atoms with Gasteiger partial charge in [0.1, 0.15) is 12.6 Å². The number of nitrogens with zero attached hydrogens (tertiary/aromatic N) is 4. The first-order valence-corrected chi connectivity index (χ1v) is 9.58. The molecule has 2 saturated heterocycles. The summed E-state index contributed by atoms with van der Waals surface area (Å²) in [5, 5.41) is 3.41. The van der Waals surface area contributed by atoms with E-state index in [0.717, 1.165) is 25.2 Å². The summed E-state index contributed by atoms with van der Waals surface area (Å²) in [5.41, 5.74) is 0. The van der Waals surface area contributed by atoms with Crippen LogP contribution in [0, 0.1) is 0 Å². The van der Waals surface area contributed by atoms with Gasteiger partial charge >= 0.3 is 0 Å². The standard InChI is InChI=1S/C18H33N5O3/c1-5-14(2)20-18(19-13-16(24)21(3)4)23-10-8-22(9-11-23)17(25)15-7-6-12-26-15/h14-15H,5-13H2,1-4H3,(H,19,20). The Morgan fingerprint density at radius 3 is 2.42 bits per heavy atom. The zero-order valence-electron chi connectivity index (χ0n) is 16.5. The molecule has 0 aromatic heterocycles. The van der Waals surface area contributed by atoms with E-state index in [4.69, 9.17) is 4.74 Å². The molecule has 2 aliphatic rings. The molecule has 2 unspecified atom stereocenters. The average molecular weight is 367 g/mol. The minimum atomic E-state index is -0.259. The maximum atomic E-state index is 12.5. The lowest BCUT2D eigenvalue weighted by Gasteiger charge is -2.38. The van der Waals surface area contributed by atoms with Crippen molar-refractivity contribution in [2.24, 2.45) is 4.99 Å². The highest BCUT2D eigenvalue weighted by Crippen LogP contribution is 2.16. The van der Waals surface area contributed by atoms with Gasteiger partial charge in [0.25, 0.3) is 5.91 Å². The van der Waals surface area contributed by atoms with Gasteiger partial charge in [-0.05, 0) is 26.2 Å². The van der Waals surface area contributed by atoms with Crippen LogP contribution in [0.4, 0.5) is 0 Å². The van der Waals surface area contributed by atoms with Crippen LogP contribution in [0.25, 0.3) is 0 Å². The van der Waals surface area contributed by atoms with Crippen molar-refractivity contribution < 1.29 is 14.3 Å². The van der Waals surface area contributed by atoms with Crippen LogP contribution in [0.3, 0.4) is 0 Å². The molecule has 0 spiro atoms.